The molecule has 4 aromatic heterocycles. The summed E-state index contributed by atoms with van der Waals surface area (Å²) in [7, 11) is 3.94. The van der Waals surface area contributed by atoms with Gasteiger partial charge in [0, 0.05) is 54.3 Å². The van der Waals surface area contributed by atoms with E-state index in [-0.39, 0.29) is 17.0 Å². The highest BCUT2D eigenvalue weighted by molar-refractivity contribution is 5.98. The lowest BCUT2D eigenvalue weighted by atomic mass is 10.0. The molecule has 0 saturated heterocycles. The van der Waals surface area contributed by atoms with Gasteiger partial charge in [0.25, 0.3) is 0 Å². The van der Waals surface area contributed by atoms with Gasteiger partial charge in [-0.1, -0.05) is 6.92 Å². The smallest absolute Gasteiger partial charge is 0.224 e. The molecule has 4 N–H and O–H groups in total. The number of aromatic amines is 2. The van der Waals surface area contributed by atoms with Crippen molar-refractivity contribution < 1.29 is 13.6 Å². The lowest BCUT2D eigenvalue weighted by Crippen LogP contribution is -2.20. The Kier molecular flexibility index (Phi) is 7.51. The largest absolute Gasteiger partial charge is 0.384 e. The van der Waals surface area contributed by atoms with Crippen LogP contribution in [0.25, 0.3) is 55.8 Å². The third-order valence-electron chi connectivity index (χ3n) is 7.01. The Morgan fingerprint density at radius 1 is 0.977 bits per heavy atom. The lowest BCUT2D eigenvalue weighted by molar-refractivity contribution is -0.115. The third-order valence-corrected chi connectivity index (χ3v) is 7.01. The number of hydrogen-bond acceptors (Lipinski definition) is 7. The average Bonchev–Trinajstić information content (AvgIpc) is 3.62. The molecule has 0 aliphatic carbocycles. The maximum atomic E-state index is 16.2. The van der Waals surface area contributed by atoms with Crippen molar-refractivity contribution in [3.8, 4) is 33.9 Å². The molecule has 0 saturated carbocycles. The van der Waals surface area contributed by atoms with Gasteiger partial charge in [-0.15, -0.1) is 0 Å². The summed E-state index contributed by atoms with van der Waals surface area (Å²) >= 11 is 0. The molecule has 6 rings (SSSR count). The number of halogens is 2. The van der Waals surface area contributed by atoms with E-state index in [2.05, 4.69) is 35.8 Å². The van der Waals surface area contributed by atoms with Crippen LogP contribution in [0.15, 0.2) is 61.1 Å². The topological polar surface area (TPSA) is 128 Å². The van der Waals surface area contributed by atoms with Gasteiger partial charge in [0.05, 0.1) is 34.0 Å². The van der Waals surface area contributed by atoms with Crippen LogP contribution in [0.4, 0.5) is 20.2 Å². The van der Waals surface area contributed by atoms with Gasteiger partial charge < -0.3 is 20.5 Å². The fourth-order valence-electron chi connectivity index (χ4n) is 4.88. The summed E-state index contributed by atoms with van der Waals surface area (Å²) < 4.78 is 30.8. The minimum absolute atomic E-state index is 0.166. The van der Waals surface area contributed by atoms with E-state index in [1.54, 1.807) is 37.4 Å². The maximum absolute atomic E-state index is 16.2. The second-order valence-electron chi connectivity index (χ2n) is 10.4. The van der Waals surface area contributed by atoms with E-state index in [1.165, 1.54) is 24.5 Å². The van der Waals surface area contributed by atoms with Crippen LogP contribution in [-0.2, 0) is 4.79 Å². The number of nitrogens with one attached hydrogen (secondary N) is 4. The molecular weight excluding hydrogens is 552 g/mol. The molecule has 10 nitrogen and oxygen atoms in total. The van der Waals surface area contributed by atoms with Crippen molar-refractivity contribution in [3.05, 3.63) is 72.7 Å². The third kappa shape index (κ3) is 5.64. The molecule has 4 heterocycles. The van der Waals surface area contributed by atoms with Gasteiger partial charge in [0.1, 0.15) is 22.8 Å². The van der Waals surface area contributed by atoms with Crippen LogP contribution in [0.2, 0.25) is 0 Å². The van der Waals surface area contributed by atoms with E-state index < -0.39 is 11.6 Å². The molecule has 12 heteroatoms. The van der Waals surface area contributed by atoms with E-state index in [0.29, 0.717) is 69.1 Å². The Morgan fingerprint density at radius 2 is 1.81 bits per heavy atom. The van der Waals surface area contributed by atoms with Gasteiger partial charge in [-0.05, 0) is 56.6 Å². The summed E-state index contributed by atoms with van der Waals surface area (Å²) in [5, 5.41) is 13.5. The van der Waals surface area contributed by atoms with Crippen molar-refractivity contribution >= 4 is 39.2 Å². The number of nitrogens with zero attached hydrogens (tertiary/aromatic N) is 5. The number of aromatic nitrogens is 6. The molecule has 1 amide bonds. The number of likely N-dealkylation sites (N-methyl/N-ethyl adjacent to an activating group) is 1. The van der Waals surface area contributed by atoms with Crippen LogP contribution in [0.5, 0.6) is 0 Å². The van der Waals surface area contributed by atoms with Crippen LogP contribution in [0, 0.1) is 11.6 Å². The Morgan fingerprint density at radius 3 is 2.63 bits per heavy atom. The van der Waals surface area contributed by atoms with Gasteiger partial charge >= 0.3 is 0 Å². The molecule has 0 atom stereocenters. The predicted octanol–water partition coefficient (Wildman–Crippen LogP) is 5.83. The fraction of sp³-hybridized carbons (Fsp3) is 0.194. The normalized spacial score (nSPS) is 11.5. The van der Waals surface area contributed by atoms with E-state index in [9.17, 15) is 9.18 Å². The summed E-state index contributed by atoms with van der Waals surface area (Å²) in [6.45, 7) is 3.18. The zero-order valence-electron chi connectivity index (χ0n) is 23.8. The number of H-pyrrole nitrogens is 2. The van der Waals surface area contributed by atoms with E-state index >= 15 is 4.39 Å². The summed E-state index contributed by atoms with van der Waals surface area (Å²) in [4.78, 5) is 30.6. The van der Waals surface area contributed by atoms with Crippen molar-refractivity contribution in [1.82, 2.24) is 35.0 Å². The molecule has 6 aromatic rings. The van der Waals surface area contributed by atoms with E-state index in [0.717, 1.165) is 6.54 Å². The van der Waals surface area contributed by atoms with Crippen molar-refractivity contribution in [2.45, 2.75) is 13.3 Å². The van der Waals surface area contributed by atoms with Crippen LogP contribution >= 0.6 is 0 Å². The van der Waals surface area contributed by atoms with Crippen LogP contribution in [-0.4, -0.2) is 68.1 Å². The van der Waals surface area contributed by atoms with Crippen molar-refractivity contribution in [2.24, 2.45) is 0 Å². The molecule has 2 aromatic carbocycles. The Labute approximate surface area is 245 Å². The first-order chi connectivity index (χ1) is 20.8. The Bertz CT molecular complexity index is 1960. The van der Waals surface area contributed by atoms with E-state index in [1.807, 2.05) is 25.1 Å². The first-order valence-corrected chi connectivity index (χ1v) is 13.8. The second kappa shape index (κ2) is 11.6. The summed E-state index contributed by atoms with van der Waals surface area (Å²) in [6.07, 6.45) is 4.97. The number of anilines is 2. The van der Waals surface area contributed by atoms with Gasteiger partial charge in [0.15, 0.2) is 5.82 Å². The monoisotopic (exact) mass is 581 g/mol. The van der Waals surface area contributed by atoms with Crippen molar-refractivity contribution in [1.29, 1.82) is 0 Å². The zero-order chi connectivity index (χ0) is 30.1. The van der Waals surface area contributed by atoms with Crippen LogP contribution in [0.1, 0.15) is 13.3 Å². The fourth-order valence-corrected chi connectivity index (χ4v) is 4.88. The molecule has 0 spiro atoms. The predicted molar refractivity (Wildman–Crippen MR) is 164 cm³/mol. The van der Waals surface area contributed by atoms with E-state index in [4.69, 9.17) is 4.98 Å². The Balaban J connectivity index is 1.40. The van der Waals surface area contributed by atoms with Crippen molar-refractivity contribution in [2.75, 3.05) is 37.8 Å². The highest BCUT2D eigenvalue weighted by Crippen LogP contribution is 2.35. The van der Waals surface area contributed by atoms with Gasteiger partial charge in [-0.25, -0.2) is 13.8 Å². The SMILES string of the molecule is CCC(=O)Nc1cncc(-c2ccc3[nH]nc(-c4nc5c(-c6cc(F)cc(NCCN(C)C)c6)nccc5[nH]4)c3c2F)c1. The standard InChI is InChI=1S/C31H29F2N9O/c1-4-25(43)37-21-13-18(15-34-16-21)22-5-6-23-26(27(22)33)30(41-40-23)31-38-24-7-8-36-28(29(24)39-31)17-11-19(32)14-20(12-17)35-9-10-42(2)3/h5-8,11-16,35H,4,9-10H2,1-3H3,(H,37,43)(H,38,39)(H,40,41). The summed E-state index contributed by atoms with van der Waals surface area (Å²) in [5.74, 6) is -0.755. The molecule has 0 aliphatic heterocycles. The Hall–Kier alpha value is -5.23. The van der Waals surface area contributed by atoms with Crippen molar-refractivity contribution in [3.63, 3.8) is 0 Å². The number of carbonyl (C=O) groups is 1. The second-order valence-corrected chi connectivity index (χ2v) is 10.4. The number of imidazole rings is 1. The molecule has 218 valence electrons. The minimum atomic E-state index is -0.514. The van der Waals surface area contributed by atoms with Crippen LogP contribution in [0.3, 0.4) is 0 Å². The molecule has 43 heavy (non-hydrogen) atoms. The molecule has 0 radical (unpaired) electrons. The molecule has 0 aliphatic rings. The zero-order valence-corrected chi connectivity index (χ0v) is 23.8. The molecular formula is C31H29F2N9O. The average molecular weight is 582 g/mol. The molecule has 0 unspecified atom stereocenters. The first kappa shape index (κ1) is 27.9. The van der Waals surface area contributed by atoms with Gasteiger partial charge in [-0.3, -0.25) is 19.9 Å². The highest BCUT2D eigenvalue weighted by atomic mass is 19.1. The summed E-state index contributed by atoms with van der Waals surface area (Å²) in [6, 6.07) is 11.5. The number of amides is 1. The highest BCUT2D eigenvalue weighted by Gasteiger charge is 2.21. The van der Waals surface area contributed by atoms with Gasteiger partial charge in [-0.2, -0.15) is 5.10 Å². The number of hydrogen-bond donors (Lipinski definition) is 4. The van der Waals surface area contributed by atoms with Gasteiger partial charge in [0.2, 0.25) is 5.91 Å². The quantitative estimate of drug-likeness (QED) is 0.169. The number of rotatable bonds is 9. The minimum Gasteiger partial charge on any atom is -0.384 e. The lowest BCUT2D eigenvalue weighted by Gasteiger charge is -2.12. The maximum Gasteiger partial charge on any atom is 0.224 e. The molecule has 0 fully saturated rings. The number of fused-ring (bicyclic) bond motifs is 2. The van der Waals surface area contributed by atoms with Crippen LogP contribution < -0.4 is 10.6 Å². The molecule has 0 bridgehead atoms. The summed E-state index contributed by atoms with van der Waals surface area (Å²) in [5.41, 5.74) is 4.84. The number of carbonyl (C=O) groups excluding carboxylic acids is 1. The first-order valence-electron chi connectivity index (χ1n) is 13.8. The number of benzene rings is 2. The number of pyridine rings is 2.